The molecule has 104 valence electrons. The minimum absolute atomic E-state index is 0.717. The van der Waals surface area contributed by atoms with Crippen molar-refractivity contribution in [1.82, 2.24) is 9.97 Å². The molecular formula is C15H22BrN3. The van der Waals surface area contributed by atoms with E-state index < -0.39 is 0 Å². The highest BCUT2D eigenvalue weighted by Gasteiger charge is 2.34. The van der Waals surface area contributed by atoms with E-state index in [9.17, 15) is 0 Å². The number of rotatable bonds is 3. The SMILES string of the molecule is CCc1nc(Br)cc(N2CCCC2C2CCCC2)n1. The van der Waals surface area contributed by atoms with Crippen molar-refractivity contribution in [3.8, 4) is 0 Å². The van der Waals surface area contributed by atoms with Gasteiger partial charge < -0.3 is 4.90 Å². The van der Waals surface area contributed by atoms with E-state index in [0.717, 1.165) is 35.1 Å². The zero-order valence-corrected chi connectivity index (χ0v) is 13.2. The van der Waals surface area contributed by atoms with Crippen LogP contribution in [0.3, 0.4) is 0 Å². The molecule has 0 bridgehead atoms. The number of aryl methyl sites for hydroxylation is 1. The smallest absolute Gasteiger partial charge is 0.133 e. The summed E-state index contributed by atoms with van der Waals surface area (Å²) in [5.41, 5.74) is 0. The predicted molar refractivity (Wildman–Crippen MR) is 81.4 cm³/mol. The van der Waals surface area contributed by atoms with Gasteiger partial charge in [-0.2, -0.15) is 0 Å². The van der Waals surface area contributed by atoms with Crippen molar-refractivity contribution in [3.05, 3.63) is 16.5 Å². The van der Waals surface area contributed by atoms with Crippen LogP contribution in [0.2, 0.25) is 0 Å². The molecule has 1 aromatic heterocycles. The molecule has 1 aliphatic carbocycles. The third-order valence-corrected chi connectivity index (χ3v) is 4.99. The van der Waals surface area contributed by atoms with E-state index in [1.54, 1.807) is 0 Å². The monoisotopic (exact) mass is 323 g/mol. The quantitative estimate of drug-likeness (QED) is 0.788. The molecule has 1 unspecified atom stereocenters. The van der Waals surface area contributed by atoms with Crippen molar-refractivity contribution < 1.29 is 0 Å². The van der Waals surface area contributed by atoms with E-state index in [4.69, 9.17) is 4.98 Å². The lowest BCUT2D eigenvalue weighted by Crippen LogP contribution is -2.35. The van der Waals surface area contributed by atoms with Gasteiger partial charge in [-0.25, -0.2) is 9.97 Å². The average Bonchev–Trinajstić information content (AvgIpc) is 3.08. The highest BCUT2D eigenvalue weighted by atomic mass is 79.9. The molecule has 1 aromatic rings. The Balaban J connectivity index is 1.85. The van der Waals surface area contributed by atoms with Crippen LogP contribution in [0.15, 0.2) is 10.7 Å². The zero-order chi connectivity index (χ0) is 13.2. The first kappa shape index (κ1) is 13.3. The van der Waals surface area contributed by atoms with Crippen molar-refractivity contribution in [1.29, 1.82) is 0 Å². The summed E-state index contributed by atoms with van der Waals surface area (Å²) in [4.78, 5) is 11.7. The second-order valence-corrected chi connectivity index (χ2v) is 6.58. The number of anilines is 1. The van der Waals surface area contributed by atoms with E-state index in [2.05, 4.69) is 38.8 Å². The molecule has 0 spiro atoms. The van der Waals surface area contributed by atoms with Crippen molar-refractivity contribution in [3.63, 3.8) is 0 Å². The van der Waals surface area contributed by atoms with E-state index >= 15 is 0 Å². The van der Waals surface area contributed by atoms with Crippen molar-refractivity contribution in [2.24, 2.45) is 5.92 Å². The Kier molecular flexibility index (Phi) is 4.06. The van der Waals surface area contributed by atoms with Crippen LogP contribution in [-0.4, -0.2) is 22.6 Å². The fourth-order valence-corrected chi connectivity index (χ4v) is 4.08. The van der Waals surface area contributed by atoms with Crippen LogP contribution < -0.4 is 4.90 Å². The standard InChI is InChI=1S/C15H22BrN3/c1-2-14-17-13(16)10-15(18-14)19-9-5-8-12(19)11-6-3-4-7-11/h10-12H,2-9H2,1H3. The van der Waals surface area contributed by atoms with Crippen molar-refractivity contribution in [2.45, 2.75) is 57.9 Å². The molecule has 2 fully saturated rings. The second kappa shape index (κ2) is 5.78. The molecule has 3 rings (SSSR count). The third kappa shape index (κ3) is 2.78. The molecule has 0 amide bonds. The lowest BCUT2D eigenvalue weighted by atomic mass is 9.96. The molecule has 0 radical (unpaired) electrons. The number of hydrogen-bond donors (Lipinski definition) is 0. The first-order valence-electron chi connectivity index (χ1n) is 7.58. The van der Waals surface area contributed by atoms with Crippen LogP contribution in [0.5, 0.6) is 0 Å². The molecule has 4 heteroatoms. The topological polar surface area (TPSA) is 29.0 Å². The van der Waals surface area contributed by atoms with Gasteiger partial charge in [-0.05, 0) is 47.5 Å². The van der Waals surface area contributed by atoms with Gasteiger partial charge in [-0.15, -0.1) is 0 Å². The van der Waals surface area contributed by atoms with Gasteiger partial charge >= 0.3 is 0 Å². The van der Waals surface area contributed by atoms with Crippen molar-refractivity contribution in [2.75, 3.05) is 11.4 Å². The number of halogens is 1. The third-order valence-electron chi connectivity index (χ3n) is 4.58. The van der Waals surface area contributed by atoms with E-state index in [0.29, 0.717) is 6.04 Å². The van der Waals surface area contributed by atoms with Crippen molar-refractivity contribution >= 4 is 21.7 Å². The lowest BCUT2D eigenvalue weighted by Gasteiger charge is -2.30. The summed E-state index contributed by atoms with van der Waals surface area (Å²) in [5, 5.41) is 0. The largest absolute Gasteiger partial charge is 0.353 e. The van der Waals surface area contributed by atoms with Crippen LogP contribution in [-0.2, 0) is 6.42 Å². The zero-order valence-electron chi connectivity index (χ0n) is 11.6. The van der Waals surface area contributed by atoms with Crippen LogP contribution >= 0.6 is 15.9 Å². The van der Waals surface area contributed by atoms with E-state index in [-0.39, 0.29) is 0 Å². The Hall–Kier alpha value is -0.640. The summed E-state index contributed by atoms with van der Waals surface area (Å²) < 4.78 is 0.923. The van der Waals surface area contributed by atoms with Gasteiger partial charge in [0.15, 0.2) is 0 Å². The second-order valence-electron chi connectivity index (χ2n) is 5.77. The van der Waals surface area contributed by atoms with Crippen LogP contribution in [0.4, 0.5) is 5.82 Å². The summed E-state index contributed by atoms with van der Waals surface area (Å²) >= 11 is 3.53. The Labute approximate surface area is 124 Å². The van der Waals surface area contributed by atoms with E-state index in [1.807, 2.05) is 0 Å². The lowest BCUT2D eigenvalue weighted by molar-refractivity contribution is 0.429. The van der Waals surface area contributed by atoms with Gasteiger partial charge in [0.1, 0.15) is 16.2 Å². The molecule has 1 saturated heterocycles. The molecule has 1 aliphatic heterocycles. The number of nitrogens with zero attached hydrogens (tertiary/aromatic N) is 3. The first-order valence-corrected chi connectivity index (χ1v) is 8.37. The van der Waals surface area contributed by atoms with Crippen LogP contribution in [0, 0.1) is 5.92 Å². The van der Waals surface area contributed by atoms with Crippen LogP contribution in [0.1, 0.15) is 51.3 Å². The minimum Gasteiger partial charge on any atom is -0.353 e. The fraction of sp³-hybridized carbons (Fsp3) is 0.733. The Morgan fingerprint density at radius 2 is 2.00 bits per heavy atom. The van der Waals surface area contributed by atoms with Crippen LogP contribution in [0.25, 0.3) is 0 Å². The van der Waals surface area contributed by atoms with Gasteiger partial charge in [-0.1, -0.05) is 19.8 Å². The van der Waals surface area contributed by atoms with Gasteiger partial charge in [0.2, 0.25) is 0 Å². The maximum absolute atomic E-state index is 4.74. The summed E-state index contributed by atoms with van der Waals surface area (Å²) in [6, 6.07) is 2.81. The number of hydrogen-bond acceptors (Lipinski definition) is 3. The molecule has 2 heterocycles. The molecule has 19 heavy (non-hydrogen) atoms. The number of aromatic nitrogens is 2. The average molecular weight is 324 g/mol. The highest BCUT2D eigenvalue weighted by Crippen LogP contribution is 2.37. The Morgan fingerprint density at radius 1 is 1.21 bits per heavy atom. The van der Waals surface area contributed by atoms with E-state index in [1.165, 1.54) is 38.5 Å². The summed E-state index contributed by atoms with van der Waals surface area (Å²) in [6.07, 6.45) is 9.21. The van der Waals surface area contributed by atoms with Gasteiger partial charge in [0, 0.05) is 25.1 Å². The molecule has 0 aromatic carbocycles. The first-order chi connectivity index (χ1) is 9.28. The van der Waals surface area contributed by atoms with Gasteiger partial charge in [0.05, 0.1) is 0 Å². The fourth-order valence-electron chi connectivity index (χ4n) is 3.67. The summed E-state index contributed by atoms with van der Waals surface area (Å²) in [6.45, 7) is 3.28. The maximum atomic E-state index is 4.74. The summed E-state index contributed by atoms with van der Waals surface area (Å²) in [7, 11) is 0. The normalized spacial score (nSPS) is 24.3. The minimum atomic E-state index is 0.717. The highest BCUT2D eigenvalue weighted by molar-refractivity contribution is 9.10. The molecule has 0 N–H and O–H groups in total. The Bertz CT molecular complexity index is 443. The molecular weight excluding hydrogens is 302 g/mol. The maximum Gasteiger partial charge on any atom is 0.133 e. The predicted octanol–water partition coefficient (Wildman–Crippen LogP) is 3.96. The van der Waals surface area contributed by atoms with Gasteiger partial charge in [0.25, 0.3) is 0 Å². The molecule has 3 nitrogen and oxygen atoms in total. The van der Waals surface area contributed by atoms with Gasteiger partial charge in [-0.3, -0.25) is 0 Å². The summed E-state index contributed by atoms with van der Waals surface area (Å²) in [5.74, 6) is 2.97. The molecule has 2 aliphatic rings. The molecule has 1 atom stereocenters. The molecule has 1 saturated carbocycles. The Morgan fingerprint density at radius 3 is 2.74 bits per heavy atom.